The first-order chi connectivity index (χ1) is 7.70. The average molecular weight is 224 g/mol. The Balaban J connectivity index is 2.24. The highest BCUT2D eigenvalue weighted by molar-refractivity contribution is 6.03. The summed E-state index contributed by atoms with van der Waals surface area (Å²) in [4.78, 5) is 11.7. The molecule has 0 bridgehead atoms. The summed E-state index contributed by atoms with van der Waals surface area (Å²) in [7, 11) is 0. The van der Waals surface area contributed by atoms with Gasteiger partial charge in [0.25, 0.3) is 0 Å². The molecule has 3 atom stereocenters. The summed E-state index contributed by atoms with van der Waals surface area (Å²) < 4.78 is 5.08. The number of unbranched alkanes of at least 4 members (excludes halogenated alkanes) is 1. The summed E-state index contributed by atoms with van der Waals surface area (Å²) in [5.74, 6) is -0.186. The molecule has 0 spiro atoms. The average Bonchev–Trinajstić information content (AvgIpc) is 3.06. The predicted molar refractivity (Wildman–Crippen MR) is 57.8 cm³/mol. The molecule has 1 heterocycles. The molecule has 2 rings (SSSR count). The Labute approximate surface area is 94.2 Å². The van der Waals surface area contributed by atoms with Crippen LogP contribution in [0.15, 0.2) is 23.3 Å². The van der Waals surface area contributed by atoms with Crippen molar-refractivity contribution in [2.45, 2.75) is 38.1 Å². The molecule has 16 heavy (non-hydrogen) atoms. The molecule has 4 nitrogen and oxygen atoms in total. The summed E-state index contributed by atoms with van der Waals surface area (Å²) in [6.45, 7) is 1.71. The van der Waals surface area contributed by atoms with E-state index in [0.29, 0.717) is 11.1 Å². The molecule has 0 aromatic heterocycles. The zero-order valence-corrected chi connectivity index (χ0v) is 9.22. The van der Waals surface area contributed by atoms with E-state index in [4.69, 9.17) is 9.84 Å². The van der Waals surface area contributed by atoms with Gasteiger partial charge in [-0.05, 0) is 12.0 Å². The van der Waals surface area contributed by atoms with Crippen LogP contribution in [-0.2, 0) is 9.53 Å². The third-order valence-electron chi connectivity index (χ3n) is 2.97. The number of epoxide rings is 1. The topological polar surface area (TPSA) is 70.1 Å². The van der Waals surface area contributed by atoms with Crippen LogP contribution < -0.4 is 0 Å². The lowest BCUT2D eigenvalue weighted by atomic mass is 9.88. The lowest BCUT2D eigenvalue weighted by Crippen LogP contribution is -2.32. The molecule has 88 valence electrons. The minimum atomic E-state index is -0.780. The standard InChI is InChI=1S/C12H16O4/c1-2-3-4-5-7-8(6-13)10(15)12-11(16-12)9(7)14/h4-5,9,11-14H,2-3,6H2,1H3/b5-4+/t9-,11+,12-/m1/s1. The van der Waals surface area contributed by atoms with Gasteiger partial charge in [-0.15, -0.1) is 0 Å². The highest BCUT2D eigenvalue weighted by Gasteiger charge is 2.55. The van der Waals surface area contributed by atoms with Crippen molar-refractivity contribution in [1.82, 2.24) is 0 Å². The summed E-state index contributed by atoms with van der Waals surface area (Å²) in [5, 5.41) is 19.1. The van der Waals surface area contributed by atoms with Crippen molar-refractivity contribution in [3.63, 3.8) is 0 Å². The second-order valence-electron chi connectivity index (χ2n) is 4.11. The molecule has 0 radical (unpaired) electrons. The lowest BCUT2D eigenvalue weighted by Gasteiger charge is -2.17. The summed E-state index contributed by atoms with van der Waals surface area (Å²) in [5.41, 5.74) is 0.804. The van der Waals surface area contributed by atoms with E-state index in [1.165, 1.54) is 0 Å². The highest BCUT2D eigenvalue weighted by atomic mass is 16.6. The first kappa shape index (κ1) is 11.5. The van der Waals surface area contributed by atoms with Crippen LogP contribution in [0.25, 0.3) is 0 Å². The molecule has 0 saturated carbocycles. The molecule has 1 fully saturated rings. The van der Waals surface area contributed by atoms with Crippen LogP contribution in [0.3, 0.4) is 0 Å². The molecule has 0 aromatic carbocycles. The minimum Gasteiger partial charge on any atom is -0.392 e. The largest absolute Gasteiger partial charge is 0.392 e. The number of hydrogen-bond donors (Lipinski definition) is 2. The van der Waals surface area contributed by atoms with Crippen LogP contribution in [0, 0.1) is 0 Å². The van der Waals surface area contributed by atoms with Crippen LogP contribution in [0.1, 0.15) is 19.8 Å². The van der Waals surface area contributed by atoms with Crippen molar-refractivity contribution in [3.05, 3.63) is 23.3 Å². The Hall–Kier alpha value is -0.970. The molecule has 0 aromatic rings. The monoisotopic (exact) mass is 224 g/mol. The number of carbonyl (C=O) groups excluding carboxylic acids is 1. The fraction of sp³-hybridized carbons (Fsp3) is 0.583. The van der Waals surface area contributed by atoms with Crippen LogP contribution in [0.2, 0.25) is 0 Å². The van der Waals surface area contributed by atoms with Crippen molar-refractivity contribution in [3.8, 4) is 0 Å². The third-order valence-corrected chi connectivity index (χ3v) is 2.97. The van der Waals surface area contributed by atoms with E-state index < -0.39 is 18.3 Å². The molecule has 2 N–H and O–H groups in total. The Bertz CT molecular complexity index is 356. The highest BCUT2D eigenvalue weighted by Crippen LogP contribution is 2.38. The number of rotatable bonds is 4. The van der Waals surface area contributed by atoms with Gasteiger partial charge in [-0.3, -0.25) is 4.79 Å². The van der Waals surface area contributed by atoms with E-state index in [0.717, 1.165) is 12.8 Å². The smallest absolute Gasteiger partial charge is 0.193 e. The van der Waals surface area contributed by atoms with Gasteiger partial charge in [0.05, 0.1) is 6.61 Å². The maximum atomic E-state index is 11.7. The molecular weight excluding hydrogens is 208 g/mol. The van der Waals surface area contributed by atoms with E-state index >= 15 is 0 Å². The van der Waals surface area contributed by atoms with Gasteiger partial charge in [-0.25, -0.2) is 0 Å². The van der Waals surface area contributed by atoms with E-state index in [2.05, 4.69) is 0 Å². The number of carbonyl (C=O) groups is 1. The Morgan fingerprint density at radius 1 is 1.50 bits per heavy atom. The molecular formula is C12H16O4. The first-order valence-corrected chi connectivity index (χ1v) is 5.58. The zero-order valence-electron chi connectivity index (χ0n) is 9.22. The van der Waals surface area contributed by atoms with Gasteiger partial charge in [0.15, 0.2) is 5.78 Å². The third kappa shape index (κ3) is 1.84. The Kier molecular flexibility index (Phi) is 3.23. The number of hydrogen-bond acceptors (Lipinski definition) is 4. The molecule has 1 aliphatic carbocycles. The summed E-state index contributed by atoms with van der Waals surface area (Å²) in [6, 6.07) is 0. The second-order valence-corrected chi connectivity index (χ2v) is 4.11. The fourth-order valence-electron chi connectivity index (χ4n) is 1.99. The number of fused-ring (bicyclic) bond motifs is 1. The molecule has 4 heteroatoms. The molecule has 0 unspecified atom stereocenters. The maximum Gasteiger partial charge on any atom is 0.193 e. The minimum absolute atomic E-state index is 0.186. The fourth-order valence-corrected chi connectivity index (χ4v) is 1.99. The van der Waals surface area contributed by atoms with Crippen LogP contribution in [0.5, 0.6) is 0 Å². The van der Waals surface area contributed by atoms with E-state index in [-0.39, 0.29) is 12.4 Å². The van der Waals surface area contributed by atoms with Gasteiger partial charge in [-0.1, -0.05) is 25.5 Å². The van der Waals surface area contributed by atoms with Crippen LogP contribution in [0.4, 0.5) is 0 Å². The predicted octanol–water partition coefficient (Wildman–Crippen LogP) is 0.343. The second kappa shape index (κ2) is 4.49. The molecule has 1 aliphatic heterocycles. The number of Topliss-reactive ketones (excluding diaryl/α,β-unsaturated/α-hetero) is 1. The van der Waals surface area contributed by atoms with Crippen molar-refractivity contribution in [1.29, 1.82) is 0 Å². The number of ether oxygens (including phenoxy) is 1. The van der Waals surface area contributed by atoms with Gasteiger partial charge in [0, 0.05) is 5.57 Å². The Morgan fingerprint density at radius 2 is 2.25 bits per heavy atom. The van der Waals surface area contributed by atoms with Crippen LogP contribution in [-0.4, -0.2) is 40.9 Å². The van der Waals surface area contributed by atoms with Gasteiger partial charge < -0.3 is 14.9 Å². The SMILES string of the molecule is CCC/C=C/C1=C(CO)C(=O)[C@H]2O[C@H]2[C@@H]1O. The molecule has 2 aliphatic rings. The summed E-state index contributed by atoms with van der Waals surface area (Å²) >= 11 is 0. The van der Waals surface area contributed by atoms with Crippen molar-refractivity contribution >= 4 is 5.78 Å². The Morgan fingerprint density at radius 3 is 2.88 bits per heavy atom. The van der Waals surface area contributed by atoms with Crippen molar-refractivity contribution in [2.24, 2.45) is 0 Å². The summed E-state index contributed by atoms with van der Waals surface area (Å²) in [6.07, 6.45) is 3.82. The maximum absolute atomic E-state index is 11.7. The van der Waals surface area contributed by atoms with E-state index in [9.17, 15) is 9.90 Å². The van der Waals surface area contributed by atoms with Crippen molar-refractivity contribution in [2.75, 3.05) is 6.61 Å². The molecule has 1 saturated heterocycles. The first-order valence-electron chi connectivity index (χ1n) is 5.58. The van der Waals surface area contributed by atoms with Crippen LogP contribution >= 0.6 is 0 Å². The van der Waals surface area contributed by atoms with Gasteiger partial charge in [0.1, 0.15) is 18.3 Å². The number of ketones is 1. The van der Waals surface area contributed by atoms with Gasteiger partial charge >= 0.3 is 0 Å². The lowest BCUT2D eigenvalue weighted by molar-refractivity contribution is -0.117. The molecule has 0 amide bonds. The van der Waals surface area contributed by atoms with Gasteiger partial charge in [0.2, 0.25) is 0 Å². The van der Waals surface area contributed by atoms with Gasteiger partial charge in [-0.2, -0.15) is 0 Å². The van der Waals surface area contributed by atoms with E-state index in [1.54, 1.807) is 6.08 Å². The van der Waals surface area contributed by atoms with Crippen molar-refractivity contribution < 1.29 is 19.7 Å². The zero-order chi connectivity index (χ0) is 11.7. The number of allylic oxidation sites excluding steroid dienone is 1. The van der Waals surface area contributed by atoms with E-state index in [1.807, 2.05) is 13.0 Å². The number of aliphatic hydroxyl groups is 2. The normalized spacial score (nSPS) is 33.4. The quantitative estimate of drug-likeness (QED) is 0.676. The number of aliphatic hydroxyl groups excluding tert-OH is 2.